The van der Waals surface area contributed by atoms with E-state index in [1.54, 1.807) is 36.7 Å². The second kappa shape index (κ2) is 7.82. The van der Waals surface area contributed by atoms with Gasteiger partial charge in [0, 0.05) is 24.0 Å². The minimum atomic E-state index is -0.643. The SMILES string of the molecule is CC(C)[C@@H](NC(=O)C1(c2ccc(F)cc2)CC1)c1cc(=O)[nH]c(-c2ccncc2)n1. The molecule has 2 N–H and O–H groups in total. The quantitative estimate of drug-likeness (QED) is 0.656. The number of rotatable bonds is 6. The number of carbonyl (C=O) groups excluding carboxylic acids is 1. The Morgan fingerprint density at radius 1 is 1.13 bits per heavy atom. The van der Waals surface area contributed by atoms with Gasteiger partial charge in [-0.25, -0.2) is 9.37 Å². The van der Waals surface area contributed by atoms with Crippen molar-refractivity contribution in [2.24, 2.45) is 5.92 Å². The van der Waals surface area contributed by atoms with Crippen LogP contribution in [0.2, 0.25) is 0 Å². The number of aromatic amines is 1. The highest BCUT2D eigenvalue weighted by Crippen LogP contribution is 2.48. The molecule has 2 aromatic heterocycles. The summed E-state index contributed by atoms with van der Waals surface area (Å²) in [5, 5.41) is 3.09. The lowest BCUT2D eigenvalue weighted by molar-refractivity contribution is -0.124. The molecule has 0 spiro atoms. The molecule has 3 aromatic rings. The standard InChI is InChI=1S/C23H23FN4O2/c1-14(2)20(18-13-19(29)27-21(26-18)15-7-11-25-12-8-15)28-22(30)23(9-10-23)16-3-5-17(24)6-4-16/h3-8,11-14,20H,9-10H2,1-2H3,(H,28,30)(H,26,27,29)/t20-/m1/s1. The zero-order valence-corrected chi connectivity index (χ0v) is 16.9. The summed E-state index contributed by atoms with van der Waals surface area (Å²) in [5.41, 5.74) is 1.12. The Balaban J connectivity index is 1.64. The van der Waals surface area contributed by atoms with Crippen LogP contribution in [0.3, 0.4) is 0 Å². The van der Waals surface area contributed by atoms with E-state index < -0.39 is 11.5 Å². The number of nitrogens with zero attached hydrogens (tertiary/aromatic N) is 2. The normalized spacial score (nSPS) is 15.6. The van der Waals surface area contributed by atoms with Crippen molar-refractivity contribution >= 4 is 5.91 Å². The molecule has 1 aromatic carbocycles. The highest BCUT2D eigenvalue weighted by molar-refractivity contribution is 5.91. The van der Waals surface area contributed by atoms with Gasteiger partial charge < -0.3 is 10.3 Å². The second-order valence-electron chi connectivity index (χ2n) is 8.04. The van der Waals surface area contributed by atoms with Gasteiger partial charge in [0.15, 0.2) is 0 Å². The number of aromatic nitrogens is 3. The first-order valence-corrected chi connectivity index (χ1v) is 9.98. The van der Waals surface area contributed by atoms with Gasteiger partial charge in [0.25, 0.3) is 5.56 Å². The van der Waals surface area contributed by atoms with Crippen molar-refractivity contribution in [1.29, 1.82) is 0 Å². The maximum absolute atomic E-state index is 13.3. The molecule has 7 heteroatoms. The Kier molecular flexibility index (Phi) is 5.20. The van der Waals surface area contributed by atoms with Gasteiger partial charge >= 0.3 is 0 Å². The monoisotopic (exact) mass is 406 g/mol. The first-order valence-electron chi connectivity index (χ1n) is 9.98. The molecule has 4 rings (SSSR count). The smallest absolute Gasteiger partial charge is 0.251 e. The van der Waals surface area contributed by atoms with Gasteiger partial charge in [-0.3, -0.25) is 14.6 Å². The van der Waals surface area contributed by atoms with Crippen LogP contribution in [0.4, 0.5) is 4.39 Å². The molecule has 1 saturated carbocycles. The van der Waals surface area contributed by atoms with Gasteiger partial charge in [-0.1, -0.05) is 26.0 Å². The van der Waals surface area contributed by atoms with E-state index in [0.29, 0.717) is 24.4 Å². The maximum Gasteiger partial charge on any atom is 0.251 e. The number of hydrogen-bond acceptors (Lipinski definition) is 4. The largest absolute Gasteiger partial charge is 0.347 e. The van der Waals surface area contributed by atoms with E-state index in [9.17, 15) is 14.0 Å². The molecule has 1 fully saturated rings. The first kappa shape index (κ1) is 19.9. The third kappa shape index (κ3) is 3.87. The number of H-pyrrole nitrogens is 1. The van der Waals surface area contributed by atoms with E-state index in [1.165, 1.54) is 18.2 Å². The molecule has 0 aliphatic heterocycles. The van der Waals surface area contributed by atoms with Crippen molar-refractivity contribution in [1.82, 2.24) is 20.3 Å². The van der Waals surface area contributed by atoms with Crippen LogP contribution < -0.4 is 10.9 Å². The van der Waals surface area contributed by atoms with E-state index in [1.807, 2.05) is 13.8 Å². The molecule has 1 atom stereocenters. The molecule has 0 saturated heterocycles. The molecule has 1 aliphatic rings. The van der Waals surface area contributed by atoms with Gasteiger partial charge in [0.05, 0.1) is 17.2 Å². The molecule has 1 amide bonds. The fraction of sp³-hybridized carbons (Fsp3) is 0.304. The number of benzene rings is 1. The Hall–Kier alpha value is -3.35. The first-order chi connectivity index (χ1) is 14.4. The molecule has 30 heavy (non-hydrogen) atoms. The molecule has 0 unspecified atom stereocenters. The summed E-state index contributed by atoms with van der Waals surface area (Å²) in [6.07, 6.45) is 4.67. The zero-order valence-electron chi connectivity index (χ0n) is 16.9. The van der Waals surface area contributed by atoms with Crippen LogP contribution in [0.25, 0.3) is 11.4 Å². The van der Waals surface area contributed by atoms with Crippen LogP contribution in [0.1, 0.15) is 44.0 Å². The van der Waals surface area contributed by atoms with Crippen molar-refractivity contribution < 1.29 is 9.18 Å². The third-order valence-electron chi connectivity index (χ3n) is 5.57. The topological polar surface area (TPSA) is 87.7 Å². The molecular weight excluding hydrogens is 383 g/mol. The van der Waals surface area contributed by atoms with Gasteiger partial charge in [-0.05, 0) is 48.6 Å². The number of hydrogen-bond donors (Lipinski definition) is 2. The number of nitrogens with one attached hydrogen (secondary N) is 2. The average Bonchev–Trinajstić information content (AvgIpc) is 3.54. The number of carbonyl (C=O) groups is 1. The van der Waals surface area contributed by atoms with Crippen LogP contribution in [-0.2, 0) is 10.2 Å². The summed E-state index contributed by atoms with van der Waals surface area (Å²) in [6, 6.07) is 10.6. The van der Waals surface area contributed by atoms with Crippen molar-refractivity contribution in [2.75, 3.05) is 0 Å². The van der Waals surface area contributed by atoms with Crippen LogP contribution in [0.5, 0.6) is 0 Å². The Bertz CT molecular complexity index is 1110. The lowest BCUT2D eigenvalue weighted by Crippen LogP contribution is -2.40. The fourth-order valence-electron chi connectivity index (χ4n) is 3.68. The van der Waals surface area contributed by atoms with Crippen molar-refractivity contribution in [3.63, 3.8) is 0 Å². The minimum absolute atomic E-state index is 0.0116. The lowest BCUT2D eigenvalue weighted by Gasteiger charge is -2.25. The summed E-state index contributed by atoms with van der Waals surface area (Å²) < 4.78 is 13.3. The zero-order chi connectivity index (χ0) is 21.3. The molecule has 6 nitrogen and oxygen atoms in total. The fourth-order valence-corrected chi connectivity index (χ4v) is 3.68. The summed E-state index contributed by atoms with van der Waals surface area (Å²) in [4.78, 5) is 36.9. The maximum atomic E-state index is 13.3. The number of pyridine rings is 1. The molecule has 2 heterocycles. The number of amides is 1. The number of halogens is 1. The van der Waals surface area contributed by atoms with Gasteiger partial charge in [0.2, 0.25) is 5.91 Å². The predicted molar refractivity (Wildman–Crippen MR) is 111 cm³/mol. The van der Waals surface area contributed by atoms with E-state index in [2.05, 4.69) is 20.3 Å². The molecule has 0 bridgehead atoms. The average molecular weight is 406 g/mol. The minimum Gasteiger partial charge on any atom is -0.347 e. The summed E-state index contributed by atoms with van der Waals surface area (Å²) in [7, 11) is 0. The van der Waals surface area contributed by atoms with Crippen molar-refractivity contribution in [2.45, 2.75) is 38.1 Å². The van der Waals surface area contributed by atoms with Crippen molar-refractivity contribution in [3.8, 4) is 11.4 Å². The lowest BCUT2D eigenvalue weighted by atomic mass is 9.93. The van der Waals surface area contributed by atoms with Crippen LogP contribution in [0, 0.1) is 11.7 Å². The molecule has 0 radical (unpaired) electrons. The van der Waals surface area contributed by atoms with Gasteiger partial charge in [-0.15, -0.1) is 0 Å². The van der Waals surface area contributed by atoms with Crippen LogP contribution in [0.15, 0.2) is 59.7 Å². The van der Waals surface area contributed by atoms with Gasteiger partial charge in [-0.2, -0.15) is 0 Å². The van der Waals surface area contributed by atoms with Crippen LogP contribution in [-0.4, -0.2) is 20.9 Å². The van der Waals surface area contributed by atoms with Crippen LogP contribution >= 0.6 is 0 Å². The van der Waals surface area contributed by atoms with E-state index in [4.69, 9.17) is 0 Å². The third-order valence-corrected chi connectivity index (χ3v) is 5.57. The Labute approximate surface area is 173 Å². The molecular formula is C23H23FN4O2. The highest BCUT2D eigenvalue weighted by atomic mass is 19.1. The summed E-state index contributed by atoms with van der Waals surface area (Å²) in [6.45, 7) is 3.94. The Morgan fingerprint density at radius 2 is 1.80 bits per heavy atom. The summed E-state index contributed by atoms with van der Waals surface area (Å²) >= 11 is 0. The predicted octanol–water partition coefficient (Wildman–Crippen LogP) is 3.52. The van der Waals surface area contributed by atoms with E-state index >= 15 is 0 Å². The van der Waals surface area contributed by atoms with E-state index in [-0.39, 0.29) is 23.2 Å². The van der Waals surface area contributed by atoms with Gasteiger partial charge in [0.1, 0.15) is 11.6 Å². The van der Waals surface area contributed by atoms with Crippen molar-refractivity contribution in [3.05, 3.63) is 82.3 Å². The summed E-state index contributed by atoms with van der Waals surface area (Å²) in [5.74, 6) is -0.0104. The molecule has 1 aliphatic carbocycles. The second-order valence-corrected chi connectivity index (χ2v) is 8.04. The molecule has 154 valence electrons. The van der Waals surface area contributed by atoms with E-state index in [0.717, 1.165) is 11.1 Å². The Morgan fingerprint density at radius 3 is 2.40 bits per heavy atom. The highest BCUT2D eigenvalue weighted by Gasteiger charge is 2.51.